The Hall–Kier alpha value is -2.38. The Balaban J connectivity index is 2.19. The van der Waals surface area contributed by atoms with Gasteiger partial charge in [-0.15, -0.1) is 0 Å². The van der Waals surface area contributed by atoms with Gasteiger partial charge in [0, 0.05) is 19.2 Å². The maximum Gasteiger partial charge on any atom is 0.374 e. The molecule has 1 atom stereocenters. The number of hydrogen-bond donors (Lipinski definition) is 2. The Morgan fingerprint density at radius 3 is 2.94 bits per heavy atom. The highest BCUT2D eigenvalue weighted by Gasteiger charge is 2.31. The van der Waals surface area contributed by atoms with Crippen LogP contribution in [0, 0.1) is 0 Å². The van der Waals surface area contributed by atoms with Crippen molar-refractivity contribution in [3.05, 3.63) is 17.5 Å². The molecule has 8 nitrogen and oxygen atoms in total. The van der Waals surface area contributed by atoms with Gasteiger partial charge in [0.1, 0.15) is 6.04 Å². The van der Waals surface area contributed by atoms with Gasteiger partial charge < -0.3 is 19.8 Å². The zero-order valence-electron chi connectivity index (χ0n) is 9.54. The minimum Gasteiger partial charge on any atom is -0.475 e. The highest BCUT2D eigenvalue weighted by Crippen LogP contribution is 2.11. The Kier molecular flexibility index (Phi) is 3.00. The number of nitrogens with one attached hydrogen (secondary N) is 1. The van der Waals surface area contributed by atoms with Crippen LogP contribution in [0.5, 0.6) is 0 Å². The normalized spacial score (nSPS) is 19.5. The van der Waals surface area contributed by atoms with Crippen molar-refractivity contribution >= 4 is 17.8 Å². The number of carbonyl (C=O) groups is 3. The summed E-state index contributed by atoms with van der Waals surface area (Å²) < 4.78 is 4.50. The molecular weight excluding hydrogens is 242 g/mol. The first-order valence-electron chi connectivity index (χ1n) is 5.29. The van der Waals surface area contributed by atoms with Crippen molar-refractivity contribution in [3.63, 3.8) is 0 Å². The SMILES string of the molecule is CC1C(=O)NCCN1C(=O)c1cc(C(=O)O)on1. The van der Waals surface area contributed by atoms with Crippen LogP contribution in [0.3, 0.4) is 0 Å². The number of rotatable bonds is 2. The molecule has 1 aliphatic heterocycles. The van der Waals surface area contributed by atoms with Crippen molar-refractivity contribution in [2.75, 3.05) is 13.1 Å². The Morgan fingerprint density at radius 2 is 2.33 bits per heavy atom. The predicted octanol–water partition coefficient (Wildman–Crippen LogP) is -0.667. The van der Waals surface area contributed by atoms with Crippen LogP contribution >= 0.6 is 0 Å². The summed E-state index contributed by atoms with van der Waals surface area (Å²) >= 11 is 0. The summed E-state index contributed by atoms with van der Waals surface area (Å²) in [4.78, 5) is 35.4. The molecule has 18 heavy (non-hydrogen) atoms. The number of piperazine rings is 1. The monoisotopic (exact) mass is 253 g/mol. The van der Waals surface area contributed by atoms with Gasteiger partial charge in [0.15, 0.2) is 5.69 Å². The fourth-order valence-electron chi connectivity index (χ4n) is 1.68. The number of carbonyl (C=O) groups excluding carboxylic acids is 2. The van der Waals surface area contributed by atoms with E-state index in [0.29, 0.717) is 13.1 Å². The minimum absolute atomic E-state index is 0.117. The van der Waals surface area contributed by atoms with Crippen LogP contribution in [0.4, 0.5) is 0 Å². The molecular formula is C10H11N3O5. The molecule has 2 amide bonds. The molecule has 8 heteroatoms. The molecule has 2 rings (SSSR count). The van der Waals surface area contributed by atoms with Gasteiger partial charge in [-0.05, 0) is 6.92 Å². The predicted molar refractivity (Wildman–Crippen MR) is 57.0 cm³/mol. The number of nitrogens with zero attached hydrogens (tertiary/aromatic N) is 2. The van der Waals surface area contributed by atoms with Gasteiger partial charge in [-0.2, -0.15) is 0 Å². The van der Waals surface area contributed by atoms with Crippen LogP contribution in [0.2, 0.25) is 0 Å². The van der Waals surface area contributed by atoms with Crippen molar-refractivity contribution in [1.82, 2.24) is 15.4 Å². The molecule has 0 aliphatic carbocycles. The molecule has 1 aromatic heterocycles. The van der Waals surface area contributed by atoms with Crippen LogP contribution in [0.15, 0.2) is 10.6 Å². The Bertz CT molecular complexity index is 509. The summed E-state index contributed by atoms with van der Waals surface area (Å²) in [5.41, 5.74) is -0.117. The van der Waals surface area contributed by atoms with Crippen molar-refractivity contribution in [2.45, 2.75) is 13.0 Å². The van der Waals surface area contributed by atoms with E-state index >= 15 is 0 Å². The van der Waals surface area contributed by atoms with Crippen molar-refractivity contribution in [1.29, 1.82) is 0 Å². The second-order valence-electron chi connectivity index (χ2n) is 3.85. The van der Waals surface area contributed by atoms with Crippen molar-refractivity contribution < 1.29 is 24.0 Å². The van der Waals surface area contributed by atoms with E-state index in [9.17, 15) is 14.4 Å². The van der Waals surface area contributed by atoms with E-state index in [1.807, 2.05) is 0 Å². The van der Waals surface area contributed by atoms with Crippen LogP contribution in [0.25, 0.3) is 0 Å². The number of aromatic nitrogens is 1. The lowest BCUT2D eigenvalue weighted by Gasteiger charge is -2.32. The number of amides is 2. The molecule has 0 spiro atoms. The highest BCUT2D eigenvalue weighted by atomic mass is 16.5. The van der Waals surface area contributed by atoms with Gasteiger partial charge >= 0.3 is 5.97 Å². The molecule has 2 N–H and O–H groups in total. The van der Waals surface area contributed by atoms with Gasteiger partial charge in [0.2, 0.25) is 11.7 Å². The second-order valence-corrected chi connectivity index (χ2v) is 3.85. The highest BCUT2D eigenvalue weighted by molar-refractivity contribution is 5.98. The largest absolute Gasteiger partial charge is 0.475 e. The molecule has 2 heterocycles. The number of carboxylic acids is 1. The number of carboxylic acid groups (broad SMARTS) is 1. The Labute approximate surface area is 102 Å². The fourth-order valence-corrected chi connectivity index (χ4v) is 1.68. The van der Waals surface area contributed by atoms with Crippen molar-refractivity contribution in [2.24, 2.45) is 0 Å². The fraction of sp³-hybridized carbons (Fsp3) is 0.400. The van der Waals surface area contributed by atoms with Gasteiger partial charge in [0.05, 0.1) is 0 Å². The first-order chi connectivity index (χ1) is 8.50. The minimum atomic E-state index is -1.30. The van der Waals surface area contributed by atoms with Crippen molar-refractivity contribution in [3.8, 4) is 0 Å². The lowest BCUT2D eigenvalue weighted by atomic mass is 10.2. The van der Waals surface area contributed by atoms with Gasteiger partial charge in [-0.3, -0.25) is 9.59 Å². The first kappa shape index (κ1) is 12.1. The first-order valence-corrected chi connectivity index (χ1v) is 5.29. The van der Waals surface area contributed by atoms with Gasteiger partial charge in [-0.25, -0.2) is 4.79 Å². The maximum absolute atomic E-state index is 12.0. The molecule has 1 aliphatic rings. The van der Waals surface area contributed by atoms with Gasteiger partial charge in [0.25, 0.3) is 5.91 Å². The second kappa shape index (κ2) is 4.47. The summed E-state index contributed by atoms with van der Waals surface area (Å²) in [6.07, 6.45) is 0. The Morgan fingerprint density at radius 1 is 1.61 bits per heavy atom. The zero-order valence-corrected chi connectivity index (χ0v) is 9.54. The number of aromatic carboxylic acids is 1. The average Bonchev–Trinajstić information content (AvgIpc) is 2.81. The lowest BCUT2D eigenvalue weighted by Crippen LogP contribution is -2.55. The molecule has 0 bridgehead atoms. The summed E-state index contributed by atoms with van der Waals surface area (Å²) in [7, 11) is 0. The standard InChI is InChI=1S/C10H11N3O5/c1-5-8(14)11-2-3-13(5)9(15)6-4-7(10(16)17)18-12-6/h4-5H,2-3H2,1H3,(H,11,14)(H,16,17). The molecule has 1 unspecified atom stereocenters. The maximum atomic E-state index is 12.0. The van der Waals surface area contributed by atoms with Crippen LogP contribution < -0.4 is 5.32 Å². The quantitative estimate of drug-likeness (QED) is 0.723. The lowest BCUT2D eigenvalue weighted by molar-refractivity contribution is -0.127. The molecule has 0 saturated carbocycles. The third kappa shape index (κ3) is 2.04. The topological polar surface area (TPSA) is 113 Å². The smallest absolute Gasteiger partial charge is 0.374 e. The number of hydrogen-bond acceptors (Lipinski definition) is 5. The van der Waals surface area contributed by atoms with Crippen LogP contribution in [-0.4, -0.2) is 52.1 Å². The van der Waals surface area contributed by atoms with E-state index in [2.05, 4.69) is 15.0 Å². The van der Waals surface area contributed by atoms with E-state index in [0.717, 1.165) is 6.07 Å². The van der Waals surface area contributed by atoms with Gasteiger partial charge in [-0.1, -0.05) is 5.16 Å². The van der Waals surface area contributed by atoms with E-state index in [4.69, 9.17) is 5.11 Å². The summed E-state index contributed by atoms with van der Waals surface area (Å²) in [6, 6.07) is 0.431. The van der Waals surface area contributed by atoms with Crippen LogP contribution in [0.1, 0.15) is 28.0 Å². The summed E-state index contributed by atoms with van der Waals surface area (Å²) in [6.45, 7) is 2.30. The van der Waals surface area contributed by atoms with E-state index < -0.39 is 23.7 Å². The molecule has 1 saturated heterocycles. The summed E-state index contributed by atoms with van der Waals surface area (Å²) in [5.74, 6) is -2.48. The van der Waals surface area contributed by atoms with E-state index in [1.165, 1.54) is 4.90 Å². The van der Waals surface area contributed by atoms with E-state index in [-0.39, 0.29) is 11.6 Å². The third-order valence-corrected chi connectivity index (χ3v) is 2.70. The molecule has 0 aromatic carbocycles. The zero-order chi connectivity index (χ0) is 13.3. The molecule has 1 aromatic rings. The molecule has 0 radical (unpaired) electrons. The van der Waals surface area contributed by atoms with Crippen LogP contribution in [-0.2, 0) is 4.79 Å². The average molecular weight is 253 g/mol. The molecule has 96 valence electrons. The molecule has 1 fully saturated rings. The van der Waals surface area contributed by atoms with E-state index in [1.54, 1.807) is 6.92 Å². The third-order valence-electron chi connectivity index (χ3n) is 2.70. The summed E-state index contributed by atoms with van der Waals surface area (Å²) in [5, 5.41) is 14.7.